The van der Waals surface area contributed by atoms with Gasteiger partial charge < -0.3 is 5.32 Å². The minimum Gasteiger partial charge on any atom is -0.323 e. The highest BCUT2D eigenvalue weighted by atomic mass is 16.7. The second-order valence-electron chi connectivity index (χ2n) is 6.86. The molecule has 0 saturated heterocycles. The van der Waals surface area contributed by atoms with E-state index >= 15 is 0 Å². The molecule has 1 unspecified atom stereocenters. The zero-order chi connectivity index (χ0) is 20.1. The number of rotatable bonds is 6. The molecule has 3 aromatic rings. The second-order valence-corrected chi connectivity index (χ2v) is 6.86. The predicted octanol–water partition coefficient (Wildman–Crippen LogP) is 4.07. The van der Waals surface area contributed by atoms with Crippen molar-refractivity contribution in [2.24, 2.45) is 0 Å². The summed E-state index contributed by atoms with van der Waals surface area (Å²) >= 11 is 0. The highest BCUT2D eigenvalue weighted by Crippen LogP contribution is 2.20. The molecule has 2 amide bonds. The number of para-hydroxylation sites is 1. The zero-order valence-electron chi connectivity index (χ0n) is 16.3. The number of fused-ring (bicyclic) bond motifs is 1. The van der Waals surface area contributed by atoms with Gasteiger partial charge in [0, 0.05) is 5.69 Å². The molecule has 0 aliphatic carbocycles. The summed E-state index contributed by atoms with van der Waals surface area (Å²) in [6, 6.07) is 19.5. The average Bonchev–Trinajstić information content (AvgIpc) is 2.69. The third-order valence-electron chi connectivity index (χ3n) is 4.68. The van der Waals surface area contributed by atoms with Crippen molar-refractivity contribution in [3.63, 3.8) is 0 Å². The van der Waals surface area contributed by atoms with E-state index in [9.17, 15) is 9.59 Å². The van der Waals surface area contributed by atoms with E-state index < -0.39 is 6.10 Å². The van der Waals surface area contributed by atoms with Crippen LogP contribution in [-0.4, -0.2) is 17.9 Å². The van der Waals surface area contributed by atoms with Crippen molar-refractivity contribution in [2.75, 3.05) is 5.32 Å². The lowest BCUT2D eigenvalue weighted by molar-refractivity contribution is -0.143. The molecule has 0 bridgehead atoms. The monoisotopic (exact) mass is 376 g/mol. The number of carbonyl (C=O) groups excluding carboxylic acids is 2. The first-order valence-electron chi connectivity index (χ1n) is 9.24. The Morgan fingerprint density at radius 1 is 0.929 bits per heavy atom. The molecular weight excluding hydrogens is 352 g/mol. The summed E-state index contributed by atoms with van der Waals surface area (Å²) in [5, 5.41) is 4.97. The number of hydroxylamine groups is 1. The second kappa shape index (κ2) is 8.67. The molecule has 3 aromatic carbocycles. The maximum atomic E-state index is 12.4. The van der Waals surface area contributed by atoms with Crippen LogP contribution >= 0.6 is 0 Å². The summed E-state index contributed by atoms with van der Waals surface area (Å²) in [6.45, 7) is 5.46. The van der Waals surface area contributed by atoms with E-state index in [1.165, 1.54) is 0 Å². The van der Waals surface area contributed by atoms with Crippen molar-refractivity contribution in [3.05, 3.63) is 77.4 Å². The van der Waals surface area contributed by atoms with E-state index in [-0.39, 0.29) is 18.2 Å². The van der Waals surface area contributed by atoms with Crippen LogP contribution in [0.1, 0.15) is 23.6 Å². The van der Waals surface area contributed by atoms with Crippen LogP contribution in [0.4, 0.5) is 5.69 Å². The predicted molar refractivity (Wildman–Crippen MR) is 111 cm³/mol. The molecule has 0 saturated carbocycles. The number of aryl methyl sites for hydroxylation is 2. The highest BCUT2D eigenvalue weighted by molar-refractivity contribution is 5.95. The van der Waals surface area contributed by atoms with Crippen LogP contribution in [0.2, 0.25) is 0 Å². The number of hydrogen-bond acceptors (Lipinski definition) is 3. The highest BCUT2D eigenvalue weighted by Gasteiger charge is 2.17. The Labute approximate surface area is 164 Å². The van der Waals surface area contributed by atoms with Crippen LogP contribution in [0.25, 0.3) is 10.8 Å². The molecule has 0 radical (unpaired) electrons. The lowest BCUT2D eigenvalue weighted by atomic mass is 10.0. The largest absolute Gasteiger partial charge is 0.323 e. The smallest absolute Gasteiger partial charge is 0.255 e. The van der Waals surface area contributed by atoms with Gasteiger partial charge in [-0.25, -0.2) is 5.48 Å². The van der Waals surface area contributed by atoms with Crippen molar-refractivity contribution in [3.8, 4) is 0 Å². The number of anilines is 1. The van der Waals surface area contributed by atoms with Gasteiger partial charge in [-0.15, -0.1) is 0 Å². The maximum absolute atomic E-state index is 12.4. The Kier molecular flexibility index (Phi) is 6.06. The van der Waals surface area contributed by atoms with Gasteiger partial charge >= 0.3 is 0 Å². The molecule has 144 valence electrons. The fourth-order valence-corrected chi connectivity index (χ4v) is 3.10. The molecule has 0 fully saturated rings. The Hall–Kier alpha value is -3.18. The summed E-state index contributed by atoms with van der Waals surface area (Å²) in [4.78, 5) is 29.9. The molecule has 0 aliphatic heterocycles. The Morgan fingerprint density at radius 3 is 2.32 bits per heavy atom. The topological polar surface area (TPSA) is 67.4 Å². The molecule has 0 aliphatic rings. The fourth-order valence-electron chi connectivity index (χ4n) is 3.10. The van der Waals surface area contributed by atoms with E-state index in [0.29, 0.717) is 0 Å². The lowest BCUT2D eigenvalue weighted by Crippen LogP contribution is -2.36. The number of hydrogen-bond donors (Lipinski definition) is 2. The van der Waals surface area contributed by atoms with Crippen LogP contribution in [0.15, 0.2) is 60.7 Å². The third kappa shape index (κ3) is 4.56. The summed E-state index contributed by atoms with van der Waals surface area (Å²) in [7, 11) is 0. The van der Waals surface area contributed by atoms with Gasteiger partial charge in [-0.2, -0.15) is 0 Å². The first-order chi connectivity index (χ1) is 13.5. The molecule has 0 heterocycles. The van der Waals surface area contributed by atoms with Crippen LogP contribution in [0.3, 0.4) is 0 Å². The molecule has 0 aromatic heterocycles. The van der Waals surface area contributed by atoms with Gasteiger partial charge in [0.25, 0.3) is 5.91 Å². The van der Waals surface area contributed by atoms with E-state index in [2.05, 4.69) is 10.8 Å². The third-order valence-corrected chi connectivity index (χ3v) is 4.68. The van der Waals surface area contributed by atoms with Crippen LogP contribution in [-0.2, 0) is 20.8 Å². The van der Waals surface area contributed by atoms with Crippen molar-refractivity contribution >= 4 is 28.3 Å². The fraction of sp³-hybridized carbons (Fsp3) is 0.217. The molecular formula is C23H24N2O3. The molecule has 5 nitrogen and oxygen atoms in total. The van der Waals surface area contributed by atoms with Gasteiger partial charge in [-0.3, -0.25) is 14.4 Å². The Balaban J connectivity index is 1.57. The quantitative estimate of drug-likeness (QED) is 0.637. The van der Waals surface area contributed by atoms with Gasteiger partial charge in [0.15, 0.2) is 6.10 Å². The zero-order valence-corrected chi connectivity index (χ0v) is 16.3. The van der Waals surface area contributed by atoms with Gasteiger partial charge in [0.05, 0.1) is 6.42 Å². The summed E-state index contributed by atoms with van der Waals surface area (Å²) < 4.78 is 0. The van der Waals surface area contributed by atoms with Crippen molar-refractivity contribution in [1.82, 2.24) is 5.48 Å². The average molecular weight is 376 g/mol. The van der Waals surface area contributed by atoms with Gasteiger partial charge in [0.1, 0.15) is 0 Å². The number of carbonyl (C=O) groups is 2. The summed E-state index contributed by atoms with van der Waals surface area (Å²) in [6.07, 6.45) is -0.650. The number of amides is 2. The van der Waals surface area contributed by atoms with Crippen molar-refractivity contribution < 1.29 is 14.4 Å². The van der Waals surface area contributed by atoms with Crippen molar-refractivity contribution in [1.29, 1.82) is 0 Å². The van der Waals surface area contributed by atoms with Crippen molar-refractivity contribution in [2.45, 2.75) is 33.3 Å². The standard InChI is InChI=1S/C23H24N2O3/c1-15-8-6-9-16(2)22(15)24-23(27)17(3)28-25-21(26)14-19-12-7-11-18-10-4-5-13-20(18)19/h4-13,17H,14H2,1-3H3,(H,24,27)(H,25,26). The number of benzene rings is 3. The Bertz CT molecular complexity index is 988. The van der Waals surface area contributed by atoms with Crippen LogP contribution < -0.4 is 10.8 Å². The van der Waals surface area contributed by atoms with Gasteiger partial charge in [-0.05, 0) is 48.2 Å². The minimum absolute atomic E-state index is 0.173. The molecule has 28 heavy (non-hydrogen) atoms. The van der Waals surface area contributed by atoms with E-state index in [0.717, 1.165) is 33.2 Å². The lowest BCUT2D eigenvalue weighted by Gasteiger charge is -2.16. The maximum Gasteiger partial charge on any atom is 0.255 e. The molecule has 3 rings (SSSR count). The molecule has 2 N–H and O–H groups in total. The van der Waals surface area contributed by atoms with Gasteiger partial charge in [0.2, 0.25) is 5.91 Å². The first-order valence-corrected chi connectivity index (χ1v) is 9.24. The summed E-state index contributed by atoms with van der Waals surface area (Å²) in [5.74, 6) is -0.620. The van der Waals surface area contributed by atoms with Crippen LogP contribution in [0.5, 0.6) is 0 Å². The summed E-state index contributed by atoms with van der Waals surface area (Å²) in [5.41, 5.74) is 6.01. The number of nitrogens with one attached hydrogen (secondary N) is 2. The van der Waals surface area contributed by atoms with Gasteiger partial charge in [-0.1, -0.05) is 60.7 Å². The Morgan fingerprint density at radius 2 is 1.57 bits per heavy atom. The van der Waals surface area contributed by atoms with E-state index in [1.54, 1.807) is 6.92 Å². The van der Waals surface area contributed by atoms with Crippen LogP contribution in [0, 0.1) is 13.8 Å². The van der Waals surface area contributed by atoms with E-state index in [4.69, 9.17) is 4.84 Å². The molecule has 0 spiro atoms. The minimum atomic E-state index is -0.824. The SMILES string of the molecule is Cc1cccc(C)c1NC(=O)C(C)ONC(=O)Cc1cccc2ccccc12. The normalized spacial score (nSPS) is 11.8. The molecule has 5 heteroatoms. The van der Waals surface area contributed by atoms with E-state index in [1.807, 2.05) is 74.5 Å². The molecule has 1 atom stereocenters. The first kappa shape index (κ1) is 19.6.